The van der Waals surface area contributed by atoms with Gasteiger partial charge in [-0.2, -0.15) is 0 Å². The summed E-state index contributed by atoms with van der Waals surface area (Å²) in [4.78, 5) is 17.1. The molecule has 1 fully saturated rings. The van der Waals surface area contributed by atoms with Crippen molar-refractivity contribution >= 4 is 11.8 Å². The normalized spacial score (nSPS) is 26.1. The number of nitrogens with zero attached hydrogens (tertiary/aromatic N) is 2. The van der Waals surface area contributed by atoms with Gasteiger partial charge in [0.1, 0.15) is 0 Å². The average Bonchev–Trinajstić information content (AvgIpc) is 2.86. The van der Waals surface area contributed by atoms with Crippen LogP contribution in [-0.4, -0.2) is 40.7 Å². The number of aryl methyl sites for hydroxylation is 1. The minimum atomic E-state index is -0.831. The Labute approximate surface area is 99.5 Å². The zero-order valence-corrected chi connectivity index (χ0v) is 9.73. The monoisotopic (exact) mass is 233 g/mol. The molecule has 1 saturated heterocycles. The van der Waals surface area contributed by atoms with Crippen LogP contribution >= 0.6 is 0 Å². The number of carboxylic acid groups (broad SMARTS) is 1. The number of anilines is 1. The summed E-state index contributed by atoms with van der Waals surface area (Å²) in [5, 5.41) is 12.4. The molecule has 1 atom stereocenters. The molecule has 0 radical (unpaired) electrons. The number of carbonyl (C=O) groups is 1. The summed E-state index contributed by atoms with van der Waals surface area (Å²) in [6.45, 7) is 3.92. The van der Waals surface area contributed by atoms with Gasteiger partial charge in [0.2, 0.25) is 0 Å². The number of amides is 1. The van der Waals surface area contributed by atoms with E-state index in [1.165, 1.54) is 4.90 Å². The highest BCUT2D eigenvalue weighted by atomic mass is 16.4. The molecule has 5 heteroatoms. The van der Waals surface area contributed by atoms with E-state index >= 15 is 0 Å². The van der Waals surface area contributed by atoms with E-state index in [2.05, 4.69) is 10.3 Å². The van der Waals surface area contributed by atoms with E-state index in [-0.39, 0.29) is 5.41 Å². The number of hydrogen-bond acceptors (Lipinski definition) is 3. The maximum atomic E-state index is 11.0. The molecule has 2 aliphatic heterocycles. The molecule has 0 bridgehead atoms. The lowest BCUT2D eigenvalue weighted by molar-refractivity contribution is 0.153. The van der Waals surface area contributed by atoms with Gasteiger partial charge in [0.05, 0.1) is 16.8 Å². The molecule has 2 N–H and O–H groups in total. The molecule has 0 aliphatic carbocycles. The van der Waals surface area contributed by atoms with Crippen LogP contribution in [0.5, 0.6) is 0 Å². The molecule has 1 spiro atoms. The molecular weight excluding hydrogens is 218 g/mol. The number of likely N-dealkylation sites (tertiary alicyclic amines) is 1. The summed E-state index contributed by atoms with van der Waals surface area (Å²) >= 11 is 0. The summed E-state index contributed by atoms with van der Waals surface area (Å²) in [6.07, 6.45) is 0.0263. The van der Waals surface area contributed by atoms with Crippen LogP contribution in [0.3, 0.4) is 0 Å². The standard InChI is InChI=1S/C12H15N3O2/c1-8-2-3-9-10(14-8)12(6-13-9)4-5-15(7-12)11(16)17/h2-3,13H,4-7H2,1H3,(H,16,17). The lowest BCUT2D eigenvalue weighted by Crippen LogP contribution is -2.35. The highest BCUT2D eigenvalue weighted by Crippen LogP contribution is 2.42. The van der Waals surface area contributed by atoms with Gasteiger partial charge < -0.3 is 15.3 Å². The van der Waals surface area contributed by atoms with Gasteiger partial charge >= 0.3 is 6.09 Å². The van der Waals surface area contributed by atoms with E-state index in [0.717, 1.165) is 30.0 Å². The molecule has 0 aromatic carbocycles. The van der Waals surface area contributed by atoms with E-state index in [1.807, 2.05) is 19.1 Å². The molecule has 3 heterocycles. The van der Waals surface area contributed by atoms with Crippen LogP contribution < -0.4 is 5.32 Å². The van der Waals surface area contributed by atoms with Gasteiger partial charge in [-0.3, -0.25) is 4.98 Å². The Morgan fingerprint density at radius 1 is 1.59 bits per heavy atom. The summed E-state index contributed by atoms with van der Waals surface area (Å²) in [5.41, 5.74) is 2.98. The SMILES string of the molecule is Cc1ccc2c(n1)C1(CCN(C(=O)O)C1)CN2. The van der Waals surface area contributed by atoms with Gasteiger partial charge in [-0.15, -0.1) is 0 Å². The molecule has 5 nitrogen and oxygen atoms in total. The number of fused-ring (bicyclic) bond motifs is 2. The van der Waals surface area contributed by atoms with Crippen LogP contribution in [0, 0.1) is 6.92 Å². The van der Waals surface area contributed by atoms with Gasteiger partial charge in [-0.1, -0.05) is 0 Å². The Morgan fingerprint density at radius 2 is 2.41 bits per heavy atom. The molecule has 1 amide bonds. The largest absolute Gasteiger partial charge is 0.465 e. The number of hydrogen-bond donors (Lipinski definition) is 2. The highest BCUT2D eigenvalue weighted by Gasteiger charge is 2.47. The van der Waals surface area contributed by atoms with Crippen molar-refractivity contribution in [3.63, 3.8) is 0 Å². The van der Waals surface area contributed by atoms with Crippen molar-refractivity contribution in [2.75, 3.05) is 25.0 Å². The van der Waals surface area contributed by atoms with E-state index in [0.29, 0.717) is 13.1 Å². The second-order valence-corrected chi connectivity index (χ2v) is 4.94. The lowest BCUT2D eigenvalue weighted by atomic mass is 9.85. The predicted molar refractivity (Wildman–Crippen MR) is 63.4 cm³/mol. The number of pyridine rings is 1. The van der Waals surface area contributed by atoms with E-state index < -0.39 is 6.09 Å². The molecule has 0 saturated carbocycles. The minimum Gasteiger partial charge on any atom is -0.465 e. The third kappa shape index (κ3) is 1.45. The predicted octanol–water partition coefficient (Wildman–Crippen LogP) is 1.44. The summed E-state index contributed by atoms with van der Waals surface area (Å²) < 4.78 is 0. The van der Waals surface area contributed by atoms with Crippen molar-refractivity contribution in [2.24, 2.45) is 0 Å². The van der Waals surface area contributed by atoms with Crippen LogP contribution in [0.4, 0.5) is 10.5 Å². The molecule has 1 unspecified atom stereocenters. The summed E-state index contributed by atoms with van der Waals surface area (Å²) in [6, 6.07) is 4.02. The summed E-state index contributed by atoms with van der Waals surface area (Å²) in [7, 11) is 0. The Bertz CT molecular complexity index is 489. The van der Waals surface area contributed by atoms with Crippen LogP contribution in [0.1, 0.15) is 17.8 Å². The molecule has 17 heavy (non-hydrogen) atoms. The van der Waals surface area contributed by atoms with Crippen molar-refractivity contribution in [3.05, 3.63) is 23.5 Å². The van der Waals surface area contributed by atoms with Crippen molar-refractivity contribution < 1.29 is 9.90 Å². The van der Waals surface area contributed by atoms with Crippen LogP contribution in [0.25, 0.3) is 0 Å². The second kappa shape index (κ2) is 3.35. The first-order chi connectivity index (χ1) is 8.11. The smallest absolute Gasteiger partial charge is 0.407 e. The van der Waals surface area contributed by atoms with Crippen molar-refractivity contribution in [2.45, 2.75) is 18.8 Å². The van der Waals surface area contributed by atoms with E-state index in [4.69, 9.17) is 5.11 Å². The fraction of sp³-hybridized carbons (Fsp3) is 0.500. The number of nitrogens with one attached hydrogen (secondary N) is 1. The van der Waals surface area contributed by atoms with Gasteiger partial charge in [0.15, 0.2) is 0 Å². The third-order valence-electron chi connectivity index (χ3n) is 3.78. The fourth-order valence-corrected chi connectivity index (χ4v) is 2.83. The maximum absolute atomic E-state index is 11.0. The molecule has 90 valence electrons. The van der Waals surface area contributed by atoms with Crippen LogP contribution in [0.15, 0.2) is 12.1 Å². The van der Waals surface area contributed by atoms with E-state index in [9.17, 15) is 4.79 Å². The van der Waals surface area contributed by atoms with Gasteiger partial charge in [0, 0.05) is 25.3 Å². The molecule has 2 aliphatic rings. The van der Waals surface area contributed by atoms with E-state index in [1.54, 1.807) is 0 Å². The Hall–Kier alpha value is -1.78. The average molecular weight is 233 g/mol. The first-order valence-electron chi connectivity index (χ1n) is 5.81. The molecular formula is C12H15N3O2. The maximum Gasteiger partial charge on any atom is 0.407 e. The minimum absolute atomic E-state index is 0.111. The first-order valence-corrected chi connectivity index (χ1v) is 5.81. The molecule has 1 aromatic heterocycles. The number of aromatic nitrogens is 1. The van der Waals surface area contributed by atoms with Crippen LogP contribution in [0.2, 0.25) is 0 Å². The van der Waals surface area contributed by atoms with Crippen molar-refractivity contribution in [1.29, 1.82) is 0 Å². The highest BCUT2D eigenvalue weighted by molar-refractivity contribution is 5.67. The second-order valence-electron chi connectivity index (χ2n) is 4.94. The summed E-state index contributed by atoms with van der Waals surface area (Å²) in [5.74, 6) is 0. The van der Waals surface area contributed by atoms with Gasteiger partial charge in [-0.25, -0.2) is 4.79 Å². The first kappa shape index (κ1) is 10.4. The zero-order chi connectivity index (χ0) is 12.0. The Kier molecular flexibility index (Phi) is 2.05. The Morgan fingerprint density at radius 3 is 3.12 bits per heavy atom. The zero-order valence-electron chi connectivity index (χ0n) is 9.73. The molecule has 3 rings (SSSR count). The Balaban J connectivity index is 1.98. The van der Waals surface area contributed by atoms with Crippen LogP contribution in [-0.2, 0) is 5.41 Å². The molecule has 1 aromatic rings. The van der Waals surface area contributed by atoms with Gasteiger partial charge in [0.25, 0.3) is 0 Å². The lowest BCUT2D eigenvalue weighted by Gasteiger charge is -2.22. The van der Waals surface area contributed by atoms with Crippen molar-refractivity contribution in [1.82, 2.24) is 9.88 Å². The number of rotatable bonds is 0. The van der Waals surface area contributed by atoms with Gasteiger partial charge in [-0.05, 0) is 25.5 Å². The topological polar surface area (TPSA) is 65.5 Å². The fourth-order valence-electron chi connectivity index (χ4n) is 2.83. The quantitative estimate of drug-likeness (QED) is 0.711. The van der Waals surface area contributed by atoms with Crippen molar-refractivity contribution in [3.8, 4) is 0 Å². The third-order valence-corrected chi connectivity index (χ3v) is 3.78.